The lowest BCUT2D eigenvalue weighted by Crippen LogP contribution is -2.59. The van der Waals surface area contributed by atoms with E-state index in [9.17, 15) is 19.5 Å². The molecule has 1 aliphatic carbocycles. The number of carbonyl (C=O) groups excluding carboxylic acids is 2. The molecule has 3 rings (SSSR count). The fourth-order valence-electron chi connectivity index (χ4n) is 4.65. The Balaban J connectivity index is 1.73. The van der Waals surface area contributed by atoms with E-state index in [0.717, 1.165) is 22.3 Å². The fraction of sp³-hybridized carbons (Fsp3) is 0.444. The van der Waals surface area contributed by atoms with Gasteiger partial charge in [0.1, 0.15) is 18.2 Å². The monoisotopic (exact) mass is 507 g/mol. The minimum absolute atomic E-state index is 0.0349. The van der Waals surface area contributed by atoms with Gasteiger partial charge in [0, 0.05) is 17.4 Å². The summed E-state index contributed by atoms with van der Waals surface area (Å²) in [5, 5.41) is 18.2. The second-order valence-electron chi connectivity index (χ2n) is 9.83. The first-order valence-electron chi connectivity index (χ1n) is 12.3. The number of amides is 2. The molecule has 0 spiro atoms. The van der Waals surface area contributed by atoms with Crippen LogP contribution in [0, 0.1) is 5.92 Å². The zero-order valence-electron chi connectivity index (χ0n) is 21.3. The number of carboxylic acid groups (broad SMARTS) is 1. The SMILES string of the molecule is CC(C)C[C@H](NC(=O)[C@](C)(CCCN=[N+]=[N-])NC(=O)OCC1c2ccccc2-c2ccccc21)C(=O)O. The number of carbonyl (C=O) groups is 3. The van der Waals surface area contributed by atoms with Crippen LogP contribution >= 0.6 is 0 Å². The Kier molecular flexibility index (Phi) is 9.14. The Labute approximate surface area is 216 Å². The maximum Gasteiger partial charge on any atom is 0.408 e. The minimum atomic E-state index is -1.47. The Morgan fingerprint density at radius 2 is 1.70 bits per heavy atom. The molecule has 0 fully saturated rings. The van der Waals surface area contributed by atoms with Gasteiger partial charge in [-0.15, -0.1) is 0 Å². The number of fused-ring (bicyclic) bond motifs is 3. The van der Waals surface area contributed by atoms with Gasteiger partial charge in [-0.05, 0) is 59.9 Å². The average Bonchev–Trinajstić information content (AvgIpc) is 3.18. The van der Waals surface area contributed by atoms with Gasteiger partial charge in [-0.3, -0.25) is 4.79 Å². The lowest BCUT2D eigenvalue weighted by molar-refractivity contribution is -0.143. The van der Waals surface area contributed by atoms with E-state index in [1.54, 1.807) is 0 Å². The van der Waals surface area contributed by atoms with E-state index in [4.69, 9.17) is 10.3 Å². The highest BCUT2D eigenvalue weighted by molar-refractivity contribution is 5.92. The number of alkyl carbamates (subject to hydrolysis) is 1. The predicted molar refractivity (Wildman–Crippen MR) is 139 cm³/mol. The molecule has 10 nitrogen and oxygen atoms in total. The van der Waals surface area contributed by atoms with Crippen LogP contribution in [0.1, 0.15) is 57.1 Å². The third-order valence-electron chi connectivity index (χ3n) is 6.53. The normalized spacial score (nSPS) is 14.5. The largest absolute Gasteiger partial charge is 0.480 e. The van der Waals surface area contributed by atoms with E-state index in [-0.39, 0.29) is 37.8 Å². The van der Waals surface area contributed by atoms with Gasteiger partial charge >= 0.3 is 12.1 Å². The number of carboxylic acids is 1. The zero-order chi connectivity index (χ0) is 27.0. The van der Waals surface area contributed by atoms with Crippen LogP contribution < -0.4 is 10.6 Å². The van der Waals surface area contributed by atoms with Crippen molar-refractivity contribution in [3.63, 3.8) is 0 Å². The van der Waals surface area contributed by atoms with Gasteiger partial charge < -0.3 is 20.5 Å². The van der Waals surface area contributed by atoms with Crippen LogP contribution in [0.5, 0.6) is 0 Å². The molecule has 0 aromatic heterocycles. The van der Waals surface area contributed by atoms with Crippen LogP contribution in [0.3, 0.4) is 0 Å². The number of ether oxygens (including phenoxy) is 1. The summed E-state index contributed by atoms with van der Waals surface area (Å²) >= 11 is 0. The second kappa shape index (κ2) is 12.3. The molecule has 0 saturated carbocycles. The summed E-state index contributed by atoms with van der Waals surface area (Å²) < 4.78 is 5.60. The minimum Gasteiger partial charge on any atom is -0.480 e. The number of rotatable bonds is 12. The first kappa shape index (κ1) is 27.5. The molecule has 196 valence electrons. The van der Waals surface area contributed by atoms with E-state index in [1.165, 1.54) is 6.92 Å². The Hall–Kier alpha value is -4.04. The highest BCUT2D eigenvalue weighted by Gasteiger charge is 2.38. The van der Waals surface area contributed by atoms with Gasteiger partial charge in [0.25, 0.3) is 0 Å². The summed E-state index contributed by atoms with van der Waals surface area (Å²) in [5.74, 6) is -1.91. The van der Waals surface area contributed by atoms with E-state index in [0.29, 0.717) is 6.42 Å². The van der Waals surface area contributed by atoms with E-state index >= 15 is 0 Å². The number of azide groups is 1. The molecule has 2 atom stereocenters. The standard InChI is InChI=1S/C27H33N5O5/c1-17(2)15-23(24(33)34)30-25(35)27(3,13-8-14-29-32-28)31-26(36)37-16-22-20-11-6-4-9-18(20)19-10-5-7-12-21(19)22/h4-7,9-12,17,22-23H,8,13-16H2,1-3H3,(H,30,35)(H,31,36)(H,33,34)/t23-,27-/m0/s1. The molecule has 0 saturated heterocycles. The van der Waals surface area contributed by atoms with Crippen molar-refractivity contribution in [2.75, 3.05) is 13.2 Å². The summed E-state index contributed by atoms with van der Waals surface area (Å²) in [6, 6.07) is 14.8. The lowest BCUT2D eigenvalue weighted by atomic mass is 9.93. The molecule has 37 heavy (non-hydrogen) atoms. The lowest BCUT2D eigenvalue weighted by Gasteiger charge is -2.31. The van der Waals surface area contributed by atoms with E-state index in [2.05, 4.69) is 20.7 Å². The van der Waals surface area contributed by atoms with E-state index in [1.807, 2.05) is 62.4 Å². The third-order valence-corrected chi connectivity index (χ3v) is 6.53. The Bertz CT molecular complexity index is 1150. The van der Waals surface area contributed by atoms with Crippen molar-refractivity contribution in [1.29, 1.82) is 0 Å². The Morgan fingerprint density at radius 1 is 1.11 bits per heavy atom. The molecule has 10 heteroatoms. The first-order valence-corrected chi connectivity index (χ1v) is 12.3. The summed E-state index contributed by atoms with van der Waals surface area (Å²) in [6.07, 6.45) is -0.129. The molecule has 3 N–H and O–H groups in total. The zero-order valence-corrected chi connectivity index (χ0v) is 21.3. The smallest absolute Gasteiger partial charge is 0.408 e. The van der Waals surface area contributed by atoms with Gasteiger partial charge in [0.05, 0.1) is 0 Å². The van der Waals surface area contributed by atoms with Crippen LogP contribution in [-0.2, 0) is 14.3 Å². The van der Waals surface area contributed by atoms with Crippen molar-refractivity contribution >= 4 is 18.0 Å². The summed E-state index contributed by atoms with van der Waals surface area (Å²) in [5.41, 5.74) is 11.4. The quantitative estimate of drug-likeness (QED) is 0.160. The van der Waals surface area contributed by atoms with Crippen molar-refractivity contribution in [2.45, 2.75) is 57.5 Å². The average molecular weight is 508 g/mol. The molecule has 0 radical (unpaired) electrons. The number of aliphatic carboxylic acids is 1. The van der Waals surface area contributed by atoms with Crippen molar-refractivity contribution in [3.8, 4) is 11.1 Å². The summed E-state index contributed by atoms with van der Waals surface area (Å²) in [4.78, 5) is 40.5. The Morgan fingerprint density at radius 3 is 2.24 bits per heavy atom. The topological polar surface area (TPSA) is 153 Å². The summed E-state index contributed by atoms with van der Waals surface area (Å²) in [6.45, 7) is 5.42. The third kappa shape index (κ3) is 6.80. The molecule has 2 aromatic rings. The summed E-state index contributed by atoms with van der Waals surface area (Å²) in [7, 11) is 0. The van der Waals surface area contributed by atoms with Crippen LogP contribution in [0.15, 0.2) is 53.6 Å². The maximum atomic E-state index is 13.2. The van der Waals surface area contributed by atoms with Crippen LogP contribution in [0.25, 0.3) is 21.6 Å². The van der Waals surface area contributed by atoms with Crippen molar-refractivity contribution < 1.29 is 24.2 Å². The number of hydrogen-bond donors (Lipinski definition) is 3. The van der Waals surface area contributed by atoms with Crippen molar-refractivity contribution in [2.24, 2.45) is 11.0 Å². The molecule has 2 aromatic carbocycles. The first-order chi connectivity index (χ1) is 17.7. The highest BCUT2D eigenvalue weighted by atomic mass is 16.5. The predicted octanol–water partition coefficient (Wildman–Crippen LogP) is 4.99. The number of nitrogens with one attached hydrogen (secondary N) is 2. The van der Waals surface area contributed by atoms with Crippen LogP contribution in [0.4, 0.5) is 4.79 Å². The molecule has 2 amide bonds. The van der Waals surface area contributed by atoms with Crippen molar-refractivity contribution in [3.05, 3.63) is 70.1 Å². The molecule has 0 unspecified atom stereocenters. The van der Waals surface area contributed by atoms with Gasteiger partial charge in [0.2, 0.25) is 5.91 Å². The number of hydrogen-bond acceptors (Lipinski definition) is 5. The highest BCUT2D eigenvalue weighted by Crippen LogP contribution is 2.44. The molecular weight excluding hydrogens is 474 g/mol. The molecule has 0 heterocycles. The molecule has 0 bridgehead atoms. The van der Waals surface area contributed by atoms with Crippen LogP contribution in [0.2, 0.25) is 0 Å². The molecular formula is C27H33N5O5. The van der Waals surface area contributed by atoms with Gasteiger partial charge in [0.15, 0.2) is 0 Å². The molecule has 0 aliphatic heterocycles. The van der Waals surface area contributed by atoms with Crippen molar-refractivity contribution in [1.82, 2.24) is 10.6 Å². The van der Waals surface area contributed by atoms with Crippen LogP contribution in [-0.4, -0.2) is 47.8 Å². The number of benzene rings is 2. The maximum absolute atomic E-state index is 13.2. The molecule has 1 aliphatic rings. The second-order valence-corrected chi connectivity index (χ2v) is 9.83. The van der Waals surface area contributed by atoms with Gasteiger partial charge in [-0.2, -0.15) is 0 Å². The van der Waals surface area contributed by atoms with Gasteiger partial charge in [-0.25, -0.2) is 9.59 Å². The van der Waals surface area contributed by atoms with Gasteiger partial charge in [-0.1, -0.05) is 67.5 Å². The van der Waals surface area contributed by atoms with E-state index < -0.39 is 29.6 Å². The number of nitrogens with zero attached hydrogens (tertiary/aromatic N) is 3. The fourth-order valence-corrected chi connectivity index (χ4v) is 4.65.